The van der Waals surface area contributed by atoms with Crippen LogP contribution in [0.25, 0.3) is 0 Å². The largest absolute Gasteiger partial charge is 1.00 e. The van der Waals surface area contributed by atoms with Gasteiger partial charge in [0.05, 0.1) is 27.2 Å². The molecule has 0 heterocycles. The van der Waals surface area contributed by atoms with Crippen LogP contribution in [-0.4, -0.2) is 44.1 Å². The quantitative estimate of drug-likeness (QED) is 0.125. The predicted molar refractivity (Wildman–Crippen MR) is 129 cm³/mol. The summed E-state index contributed by atoms with van der Waals surface area (Å²) in [4.78, 5) is 11.9. The molecule has 182 valence electrons. The lowest BCUT2D eigenvalue weighted by Crippen LogP contribution is -3.00. The summed E-state index contributed by atoms with van der Waals surface area (Å²) < 4.78 is 1.06. The van der Waals surface area contributed by atoms with Gasteiger partial charge in [-0.2, -0.15) is 0 Å². The zero-order valence-electron chi connectivity index (χ0n) is 21.1. The molecule has 0 aromatic heterocycles. The molecule has 0 aromatic rings. The number of quaternary nitrogens is 1. The van der Waals surface area contributed by atoms with E-state index >= 15 is 0 Å². The van der Waals surface area contributed by atoms with Gasteiger partial charge in [0.1, 0.15) is 0 Å². The second kappa shape index (κ2) is 23.8. The van der Waals surface area contributed by atoms with E-state index in [0.29, 0.717) is 6.42 Å². The number of nitrogens with zero attached hydrogens (tertiary/aromatic N) is 1. The average Bonchev–Trinajstić information content (AvgIpc) is 2.68. The summed E-state index contributed by atoms with van der Waals surface area (Å²) >= 11 is 0. The van der Waals surface area contributed by atoms with E-state index in [2.05, 4.69) is 33.3 Å². The second-order valence-electron chi connectivity index (χ2n) is 9.79. The molecule has 30 heavy (non-hydrogen) atoms. The molecule has 0 fully saturated rings. The highest BCUT2D eigenvalue weighted by atomic mass is 127. The highest BCUT2D eigenvalue weighted by Crippen LogP contribution is 2.13. The number of nitrogens with one attached hydrogen (secondary N) is 1. The molecular weight excluding hydrogens is 483 g/mol. The zero-order chi connectivity index (χ0) is 21.6. The molecule has 1 N–H and O–H groups in total. The SMILES string of the molecule is CCCCCCCCCCCCCCCCCC(=O)NCCC[N+](C)(C)CCC.[I-]. The smallest absolute Gasteiger partial charge is 0.219 e. The summed E-state index contributed by atoms with van der Waals surface area (Å²) in [6.07, 6.45) is 23.6. The number of amides is 1. The summed E-state index contributed by atoms with van der Waals surface area (Å²) in [6.45, 7) is 7.72. The summed E-state index contributed by atoms with van der Waals surface area (Å²) in [5.74, 6) is 0.250. The van der Waals surface area contributed by atoms with Crippen molar-refractivity contribution in [3.05, 3.63) is 0 Å². The fourth-order valence-electron chi connectivity index (χ4n) is 4.20. The van der Waals surface area contributed by atoms with Gasteiger partial charge < -0.3 is 33.8 Å². The predicted octanol–water partition coefficient (Wildman–Crippen LogP) is 4.24. The van der Waals surface area contributed by atoms with Crippen molar-refractivity contribution >= 4 is 5.91 Å². The molecule has 1 amide bonds. The third-order valence-electron chi connectivity index (χ3n) is 6.10. The molecule has 0 aromatic carbocycles. The Kier molecular flexibility index (Phi) is 25.7. The maximum Gasteiger partial charge on any atom is 0.219 e. The van der Waals surface area contributed by atoms with Gasteiger partial charge in [-0.1, -0.05) is 104 Å². The first-order valence-corrected chi connectivity index (χ1v) is 13.1. The van der Waals surface area contributed by atoms with Gasteiger partial charge in [-0.15, -0.1) is 0 Å². The highest BCUT2D eigenvalue weighted by molar-refractivity contribution is 5.75. The minimum atomic E-state index is 0. The van der Waals surface area contributed by atoms with E-state index in [9.17, 15) is 4.79 Å². The van der Waals surface area contributed by atoms with Gasteiger partial charge in [0.2, 0.25) is 5.91 Å². The topological polar surface area (TPSA) is 29.1 Å². The first-order chi connectivity index (χ1) is 14.0. The maximum atomic E-state index is 11.9. The minimum absolute atomic E-state index is 0. The Hall–Kier alpha value is 0.160. The van der Waals surface area contributed by atoms with E-state index in [1.807, 2.05) is 0 Å². The molecular formula is C26H55IN2O. The number of hydrogen-bond donors (Lipinski definition) is 1. The van der Waals surface area contributed by atoms with E-state index in [4.69, 9.17) is 0 Å². The first-order valence-electron chi connectivity index (χ1n) is 13.1. The summed E-state index contributed by atoms with van der Waals surface area (Å²) in [6, 6.07) is 0. The highest BCUT2D eigenvalue weighted by Gasteiger charge is 2.12. The summed E-state index contributed by atoms with van der Waals surface area (Å²) in [5.41, 5.74) is 0. The second-order valence-corrected chi connectivity index (χ2v) is 9.79. The normalized spacial score (nSPS) is 11.3. The Labute approximate surface area is 207 Å². The molecule has 0 aliphatic carbocycles. The molecule has 0 unspecified atom stereocenters. The van der Waals surface area contributed by atoms with Crippen molar-refractivity contribution in [2.24, 2.45) is 0 Å². The van der Waals surface area contributed by atoms with Crippen molar-refractivity contribution in [3.8, 4) is 0 Å². The Balaban J connectivity index is 0. The zero-order valence-corrected chi connectivity index (χ0v) is 23.2. The molecule has 0 rings (SSSR count). The van der Waals surface area contributed by atoms with Crippen LogP contribution < -0.4 is 29.3 Å². The molecule has 4 heteroatoms. The summed E-state index contributed by atoms with van der Waals surface area (Å²) in [5, 5.41) is 3.10. The number of unbranched alkanes of at least 4 members (excludes halogenated alkanes) is 14. The maximum absolute atomic E-state index is 11.9. The average molecular weight is 539 g/mol. The Bertz CT molecular complexity index is 361. The molecule has 0 atom stereocenters. The van der Waals surface area contributed by atoms with Gasteiger partial charge in [0.15, 0.2) is 0 Å². The van der Waals surface area contributed by atoms with E-state index < -0.39 is 0 Å². The Morgan fingerprint density at radius 2 is 1.03 bits per heavy atom. The summed E-state index contributed by atoms with van der Waals surface area (Å²) in [7, 11) is 4.56. The third kappa shape index (κ3) is 24.4. The molecule has 0 saturated heterocycles. The van der Waals surface area contributed by atoms with E-state index in [-0.39, 0.29) is 29.9 Å². The first kappa shape index (κ1) is 32.3. The molecule has 0 spiro atoms. The van der Waals surface area contributed by atoms with E-state index in [1.165, 1.54) is 103 Å². The van der Waals surface area contributed by atoms with Crippen LogP contribution in [0.4, 0.5) is 0 Å². The Morgan fingerprint density at radius 3 is 1.47 bits per heavy atom. The molecule has 0 radical (unpaired) electrons. The van der Waals surface area contributed by atoms with Gasteiger partial charge >= 0.3 is 0 Å². The lowest BCUT2D eigenvalue weighted by molar-refractivity contribution is -0.890. The monoisotopic (exact) mass is 538 g/mol. The standard InChI is InChI=1S/C26H54N2O.HI/c1-5-7-8-9-10-11-12-13-14-15-16-17-18-19-20-22-26(29)27-23-21-25-28(3,4)24-6-2;/h5-25H2,1-4H3;1H. The minimum Gasteiger partial charge on any atom is -1.00 e. The molecule has 0 aliphatic heterocycles. The molecule has 0 bridgehead atoms. The van der Waals surface area contributed by atoms with Crippen LogP contribution >= 0.6 is 0 Å². The van der Waals surface area contributed by atoms with Gasteiger partial charge in [-0.3, -0.25) is 4.79 Å². The van der Waals surface area contributed by atoms with Crippen LogP contribution in [-0.2, 0) is 4.79 Å². The van der Waals surface area contributed by atoms with Crippen LogP contribution in [0.5, 0.6) is 0 Å². The van der Waals surface area contributed by atoms with Gasteiger partial charge in [0, 0.05) is 19.4 Å². The van der Waals surface area contributed by atoms with Crippen molar-refractivity contribution in [3.63, 3.8) is 0 Å². The van der Waals surface area contributed by atoms with Crippen LogP contribution in [0.15, 0.2) is 0 Å². The number of hydrogen-bond acceptors (Lipinski definition) is 1. The number of halogens is 1. The van der Waals surface area contributed by atoms with Crippen molar-refractivity contribution in [2.75, 3.05) is 33.7 Å². The van der Waals surface area contributed by atoms with Crippen LogP contribution in [0.1, 0.15) is 129 Å². The van der Waals surface area contributed by atoms with Gasteiger partial charge in [0.25, 0.3) is 0 Å². The van der Waals surface area contributed by atoms with Crippen LogP contribution in [0.2, 0.25) is 0 Å². The van der Waals surface area contributed by atoms with Gasteiger partial charge in [-0.05, 0) is 12.8 Å². The third-order valence-corrected chi connectivity index (χ3v) is 6.10. The molecule has 3 nitrogen and oxygen atoms in total. The molecule has 0 saturated carbocycles. The molecule has 0 aliphatic rings. The van der Waals surface area contributed by atoms with Crippen molar-refractivity contribution in [2.45, 2.75) is 129 Å². The van der Waals surface area contributed by atoms with Crippen LogP contribution in [0, 0.1) is 0 Å². The van der Waals surface area contributed by atoms with Gasteiger partial charge in [-0.25, -0.2) is 0 Å². The van der Waals surface area contributed by atoms with Crippen molar-refractivity contribution < 1.29 is 33.3 Å². The number of rotatable bonds is 22. The lowest BCUT2D eigenvalue weighted by Gasteiger charge is -2.29. The van der Waals surface area contributed by atoms with Crippen molar-refractivity contribution in [1.82, 2.24) is 5.32 Å². The fourth-order valence-corrected chi connectivity index (χ4v) is 4.20. The van der Waals surface area contributed by atoms with Crippen molar-refractivity contribution in [1.29, 1.82) is 0 Å². The van der Waals surface area contributed by atoms with Crippen LogP contribution in [0.3, 0.4) is 0 Å². The Morgan fingerprint density at radius 1 is 0.600 bits per heavy atom. The fraction of sp³-hybridized carbons (Fsp3) is 0.962. The lowest BCUT2D eigenvalue weighted by atomic mass is 10.0. The number of carbonyl (C=O) groups is 1. The van der Waals surface area contributed by atoms with E-state index in [0.717, 1.165) is 30.4 Å². The number of carbonyl (C=O) groups excluding carboxylic acids is 1. The van der Waals surface area contributed by atoms with E-state index in [1.54, 1.807) is 0 Å².